The predicted molar refractivity (Wildman–Crippen MR) is 155 cm³/mol. The zero-order valence-corrected chi connectivity index (χ0v) is 24.3. The van der Waals surface area contributed by atoms with E-state index >= 15 is 4.39 Å². The number of fused-ring (bicyclic) bond motifs is 1. The summed E-state index contributed by atoms with van der Waals surface area (Å²) in [5.41, 5.74) is -2.12. The number of nitriles is 1. The number of carbonyl (C=O) groups is 2. The molecular formula is C29H27F3N6O3S. The van der Waals surface area contributed by atoms with Gasteiger partial charge in [0.05, 0.1) is 22.7 Å². The number of nitrogens with one attached hydrogen (secondary N) is 1. The van der Waals surface area contributed by atoms with Crippen LogP contribution < -0.4 is 19.9 Å². The molecule has 2 heterocycles. The predicted octanol–water partition coefficient (Wildman–Crippen LogP) is 4.91. The minimum atomic E-state index is -3.49. The molecule has 42 heavy (non-hydrogen) atoms. The zero-order chi connectivity index (χ0) is 31.0. The van der Waals surface area contributed by atoms with Gasteiger partial charge >= 0.3 is 0 Å². The molecule has 218 valence electrons. The molecule has 0 unspecified atom stereocenters. The average molecular weight is 597 g/mol. The van der Waals surface area contributed by atoms with Crippen molar-refractivity contribution in [2.75, 3.05) is 23.5 Å². The molecular weight excluding hydrogens is 569 g/mol. The topological polar surface area (TPSA) is 111 Å². The SMILES string of the molecule is C/C=C/C(F)(F)c1cc(N2C(=O)C(C)(C)N(c3cc(F)c4nc(CC)nc(OCC(=O)NC)c4c3)C2=S)ccc1C#N. The molecule has 0 saturated carbocycles. The van der Waals surface area contributed by atoms with Gasteiger partial charge in [-0.1, -0.05) is 13.0 Å². The second kappa shape index (κ2) is 11.4. The standard InChI is InChI=1S/C29H27F3N6O3S/c1-6-10-29(31,32)20-12-17(9-8-16(20)14-33)37-26(40)28(3,4)38(27(37)42)18-11-19-24(21(30)13-18)35-22(7-2)36-25(19)41-15-23(39)34-5/h6,8-13H,7,15H2,1-5H3,(H,34,39)/b10-6+. The lowest BCUT2D eigenvalue weighted by atomic mass is 9.99. The highest BCUT2D eigenvalue weighted by Crippen LogP contribution is 2.41. The van der Waals surface area contributed by atoms with Crippen molar-refractivity contribution < 1.29 is 27.5 Å². The van der Waals surface area contributed by atoms with E-state index in [0.29, 0.717) is 18.3 Å². The number of likely N-dealkylation sites (N-methyl/N-ethyl adjacent to an activating group) is 1. The number of ether oxygens (including phenoxy) is 1. The maximum atomic E-state index is 15.6. The van der Waals surface area contributed by atoms with Crippen LogP contribution in [0.4, 0.5) is 24.5 Å². The van der Waals surface area contributed by atoms with Crippen molar-refractivity contribution in [2.45, 2.75) is 45.6 Å². The van der Waals surface area contributed by atoms with Crippen molar-refractivity contribution in [2.24, 2.45) is 0 Å². The van der Waals surface area contributed by atoms with E-state index in [1.165, 1.54) is 43.1 Å². The highest BCUT2D eigenvalue weighted by atomic mass is 32.1. The number of hydrogen-bond donors (Lipinski definition) is 1. The van der Waals surface area contributed by atoms with E-state index in [9.17, 15) is 23.6 Å². The first-order chi connectivity index (χ1) is 19.8. The van der Waals surface area contributed by atoms with E-state index in [4.69, 9.17) is 17.0 Å². The second-order valence-corrected chi connectivity index (χ2v) is 10.2. The van der Waals surface area contributed by atoms with Crippen molar-refractivity contribution >= 4 is 51.4 Å². The van der Waals surface area contributed by atoms with E-state index in [0.717, 1.165) is 17.0 Å². The fourth-order valence-corrected chi connectivity index (χ4v) is 5.12. The van der Waals surface area contributed by atoms with Crippen molar-refractivity contribution in [3.8, 4) is 11.9 Å². The number of rotatable bonds is 8. The first-order valence-corrected chi connectivity index (χ1v) is 13.3. The van der Waals surface area contributed by atoms with E-state index < -0.39 is 34.7 Å². The fraction of sp³-hybridized carbons (Fsp3) is 0.310. The minimum absolute atomic E-state index is 0.0190. The summed E-state index contributed by atoms with van der Waals surface area (Å²) in [6, 6.07) is 8.01. The van der Waals surface area contributed by atoms with Gasteiger partial charge in [-0.15, -0.1) is 0 Å². The van der Waals surface area contributed by atoms with Gasteiger partial charge in [0.1, 0.15) is 16.9 Å². The molecule has 1 aromatic heterocycles. The van der Waals surface area contributed by atoms with Crippen LogP contribution in [0.2, 0.25) is 0 Å². The lowest BCUT2D eigenvalue weighted by Crippen LogP contribution is -2.44. The molecule has 2 amide bonds. The molecule has 1 aliphatic heterocycles. The van der Waals surface area contributed by atoms with E-state index in [1.54, 1.807) is 26.8 Å². The van der Waals surface area contributed by atoms with Crippen LogP contribution >= 0.6 is 12.2 Å². The van der Waals surface area contributed by atoms with Crippen molar-refractivity contribution in [3.05, 3.63) is 65.3 Å². The van der Waals surface area contributed by atoms with Gasteiger partial charge in [0, 0.05) is 24.7 Å². The molecule has 0 radical (unpaired) electrons. The van der Waals surface area contributed by atoms with Crippen LogP contribution in [0, 0.1) is 17.1 Å². The number of carbonyl (C=O) groups excluding carboxylic acids is 2. The second-order valence-electron chi connectivity index (χ2n) is 9.87. The summed E-state index contributed by atoms with van der Waals surface area (Å²) in [6.45, 7) is 5.95. The van der Waals surface area contributed by atoms with Crippen LogP contribution in [0.5, 0.6) is 5.88 Å². The lowest BCUT2D eigenvalue weighted by molar-refractivity contribution is -0.122. The summed E-state index contributed by atoms with van der Waals surface area (Å²) in [5.74, 6) is -4.96. The zero-order valence-electron chi connectivity index (χ0n) is 23.5. The molecule has 0 aliphatic carbocycles. The summed E-state index contributed by atoms with van der Waals surface area (Å²) in [6.07, 6.45) is 2.19. The van der Waals surface area contributed by atoms with Gasteiger partial charge in [-0.25, -0.2) is 9.37 Å². The summed E-state index contributed by atoms with van der Waals surface area (Å²) < 4.78 is 51.0. The van der Waals surface area contributed by atoms with Crippen molar-refractivity contribution in [1.29, 1.82) is 5.26 Å². The molecule has 9 nitrogen and oxygen atoms in total. The van der Waals surface area contributed by atoms with E-state index in [1.807, 2.05) is 0 Å². The highest BCUT2D eigenvalue weighted by Gasteiger charge is 2.51. The Balaban J connectivity index is 1.85. The van der Waals surface area contributed by atoms with Crippen LogP contribution in [0.15, 0.2) is 42.5 Å². The third-order valence-corrected chi connectivity index (χ3v) is 7.09. The molecule has 3 aromatic rings. The molecule has 2 aromatic carbocycles. The largest absolute Gasteiger partial charge is 0.467 e. The quantitative estimate of drug-likeness (QED) is 0.289. The maximum Gasteiger partial charge on any atom is 0.293 e. The van der Waals surface area contributed by atoms with E-state index in [-0.39, 0.29) is 45.4 Å². The Hall–Kier alpha value is -4.57. The minimum Gasteiger partial charge on any atom is -0.467 e. The number of halogens is 3. The number of aryl methyl sites for hydroxylation is 1. The third kappa shape index (κ3) is 5.25. The Bertz CT molecular complexity index is 1690. The smallest absolute Gasteiger partial charge is 0.293 e. The lowest BCUT2D eigenvalue weighted by Gasteiger charge is -2.29. The van der Waals surface area contributed by atoms with Gasteiger partial charge in [0.25, 0.3) is 17.7 Å². The number of allylic oxidation sites excluding steroid dienone is 2. The molecule has 1 N–H and O–H groups in total. The first-order valence-electron chi connectivity index (χ1n) is 12.9. The monoisotopic (exact) mass is 596 g/mol. The third-order valence-electron chi connectivity index (χ3n) is 6.73. The van der Waals surface area contributed by atoms with Crippen LogP contribution in [-0.2, 0) is 21.9 Å². The molecule has 1 aliphatic rings. The molecule has 0 atom stereocenters. The maximum absolute atomic E-state index is 15.6. The van der Waals surface area contributed by atoms with Crippen LogP contribution in [0.25, 0.3) is 10.9 Å². The van der Waals surface area contributed by atoms with Crippen LogP contribution in [0.1, 0.15) is 44.6 Å². The number of nitrogens with zero attached hydrogens (tertiary/aromatic N) is 5. The average Bonchev–Trinajstić information content (AvgIpc) is 3.13. The first kappa shape index (κ1) is 30.4. The Morgan fingerprint density at radius 3 is 2.57 bits per heavy atom. The number of anilines is 2. The van der Waals surface area contributed by atoms with Gasteiger partial charge in [0.2, 0.25) is 5.88 Å². The Morgan fingerprint density at radius 2 is 1.95 bits per heavy atom. The van der Waals surface area contributed by atoms with E-state index in [2.05, 4.69) is 15.3 Å². The number of thiocarbonyl (C=S) groups is 1. The summed E-state index contributed by atoms with van der Waals surface area (Å²) in [4.78, 5) is 36.6. The number of amides is 2. The number of alkyl halides is 2. The Morgan fingerprint density at radius 1 is 1.24 bits per heavy atom. The molecule has 4 rings (SSSR count). The normalized spacial score (nSPS) is 15.0. The summed E-state index contributed by atoms with van der Waals surface area (Å²) in [7, 11) is 1.44. The highest BCUT2D eigenvalue weighted by molar-refractivity contribution is 7.81. The molecule has 0 bridgehead atoms. The van der Waals surface area contributed by atoms with Gasteiger partial charge < -0.3 is 15.0 Å². The summed E-state index contributed by atoms with van der Waals surface area (Å²) in [5, 5.41) is 11.9. The number of benzene rings is 2. The van der Waals surface area contributed by atoms with Crippen molar-refractivity contribution in [3.63, 3.8) is 0 Å². The Labute approximate surface area is 245 Å². The summed E-state index contributed by atoms with van der Waals surface area (Å²) >= 11 is 5.67. The van der Waals surface area contributed by atoms with Gasteiger partial charge in [-0.3, -0.25) is 14.5 Å². The van der Waals surface area contributed by atoms with Crippen molar-refractivity contribution in [1.82, 2.24) is 15.3 Å². The fourth-order valence-electron chi connectivity index (χ4n) is 4.60. The number of aromatic nitrogens is 2. The van der Waals surface area contributed by atoms with Crippen LogP contribution in [-0.4, -0.2) is 46.1 Å². The Kier molecular flexibility index (Phi) is 8.22. The van der Waals surface area contributed by atoms with Gasteiger partial charge in [0.15, 0.2) is 17.5 Å². The van der Waals surface area contributed by atoms with Gasteiger partial charge in [-0.05, 0) is 69.4 Å². The molecule has 0 spiro atoms. The molecule has 1 saturated heterocycles. The number of hydrogen-bond acceptors (Lipinski definition) is 7. The van der Waals surface area contributed by atoms with Crippen LogP contribution in [0.3, 0.4) is 0 Å². The molecule has 13 heteroatoms. The van der Waals surface area contributed by atoms with Gasteiger partial charge in [-0.2, -0.15) is 19.0 Å². The molecule has 1 fully saturated rings.